The number of amides is 1. The molecule has 0 spiro atoms. The summed E-state index contributed by atoms with van der Waals surface area (Å²) in [6, 6.07) is 0.826. The number of carbonyl (C=O) groups is 1. The molecule has 2 N–H and O–H groups in total. The van der Waals surface area contributed by atoms with Crippen LogP contribution in [0.4, 0.5) is 0 Å². The molecular weight excluding hydrogens is 525 g/mol. The number of guanidine groups is 1. The molecule has 1 aliphatic carbocycles. The van der Waals surface area contributed by atoms with Crippen LogP contribution in [0.1, 0.15) is 64.2 Å². The third-order valence-electron chi connectivity index (χ3n) is 6.04. The Kier molecular flexibility index (Phi) is 10.9. The van der Waals surface area contributed by atoms with Crippen LogP contribution in [0, 0.1) is 5.92 Å². The molecule has 31 heavy (non-hydrogen) atoms. The number of aryl methyl sites for hydroxylation is 1. The predicted octanol–water partition coefficient (Wildman–Crippen LogP) is 3.09. The van der Waals surface area contributed by atoms with Gasteiger partial charge in [-0.05, 0) is 31.9 Å². The first-order chi connectivity index (χ1) is 14.5. The van der Waals surface area contributed by atoms with E-state index < -0.39 is 0 Å². The first kappa shape index (κ1) is 26.2. The van der Waals surface area contributed by atoms with Crippen molar-refractivity contribution in [3.8, 4) is 0 Å². The van der Waals surface area contributed by atoms with E-state index in [1.165, 1.54) is 25.7 Å². The lowest BCUT2D eigenvalue weighted by Gasteiger charge is -2.20. The number of nitrogens with zero attached hydrogens (tertiary/aromatic N) is 5. The lowest BCUT2D eigenvalue weighted by atomic mass is 10.2. The van der Waals surface area contributed by atoms with Gasteiger partial charge < -0.3 is 20.1 Å². The lowest BCUT2D eigenvalue weighted by Crippen LogP contribution is -2.45. The number of likely N-dealkylation sites (tertiary alicyclic amines) is 1. The summed E-state index contributed by atoms with van der Waals surface area (Å²) >= 11 is 1.69. The number of hydrogen-bond donors (Lipinski definition) is 2. The van der Waals surface area contributed by atoms with Crippen molar-refractivity contribution in [2.24, 2.45) is 10.9 Å². The third kappa shape index (κ3) is 6.97. The van der Waals surface area contributed by atoms with Crippen molar-refractivity contribution in [2.45, 2.75) is 76.0 Å². The predicted molar refractivity (Wildman–Crippen MR) is 137 cm³/mol. The van der Waals surface area contributed by atoms with E-state index in [9.17, 15) is 4.79 Å². The van der Waals surface area contributed by atoms with Crippen molar-refractivity contribution >= 4 is 47.6 Å². The van der Waals surface area contributed by atoms with Gasteiger partial charge in [-0.3, -0.25) is 9.79 Å². The molecule has 0 radical (unpaired) electrons. The fourth-order valence-corrected chi connectivity index (χ4v) is 5.00. The van der Waals surface area contributed by atoms with Gasteiger partial charge >= 0.3 is 0 Å². The van der Waals surface area contributed by atoms with Gasteiger partial charge in [-0.1, -0.05) is 38.5 Å². The minimum Gasteiger partial charge on any atom is -0.356 e. The number of aromatic nitrogens is 3. The summed E-state index contributed by atoms with van der Waals surface area (Å²) in [5.74, 6) is 2.20. The monoisotopic (exact) mass is 563 g/mol. The standard InChI is InChI=1S/C21H37N7OS.HI/c1-15(2)19(29)27-13-11-16(14-27)24-20(22-3)23-12-7-10-18-25-26-21(30-4)28(18)17-8-5-6-9-17;/h15-17H,5-14H2,1-4H3,(H2,22,23,24);1H. The molecule has 1 saturated heterocycles. The van der Waals surface area contributed by atoms with Crippen LogP contribution in [-0.2, 0) is 11.2 Å². The summed E-state index contributed by atoms with van der Waals surface area (Å²) in [4.78, 5) is 18.5. The molecule has 2 heterocycles. The van der Waals surface area contributed by atoms with E-state index in [4.69, 9.17) is 0 Å². The zero-order valence-corrected chi connectivity index (χ0v) is 22.4. The van der Waals surface area contributed by atoms with Crippen molar-refractivity contribution in [3.05, 3.63) is 5.82 Å². The highest BCUT2D eigenvalue weighted by molar-refractivity contribution is 14.0. The van der Waals surface area contributed by atoms with E-state index in [0.717, 1.165) is 55.8 Å². The van der Waals surface area contributed by atoms with Gasteiger partial charge in [-0.25, -0.2) is 0 Å². The number of aliphatic imine (C=N–C) groups is 1. The SMILES string of the molecule is CN=C(NCCCc1nnc(SC)n1C1CCCC1)NC1CCN(C(=O)C(C)C)C1.I. The molecule has 1 saturated carbocycles. The number of hydrogen-bond acceptors (Lipinski definition) is 5. The van der Waals surface area contributed by atoms with Gasteiger partial charge in [0.25, 0.3) is 0 Å². The van der Waals surface area contributed by atoms with Crippen LogP contribution in [0.3, 0.4) is 0 Å². The second-order valence-electron chi connectivity index (χ2n) is 8.58. The summed E-state index contributed by atoms with van der Waals surface area (Å²) in [5.41, 5.74) is 0. The zero-order chi connectivity index (χ0) is 21.5. The summed E-state index contributed by atoms with van der Waals surface area (Å²) in [6.45, 7) is 6.31. The molecule has 0 aromatic carbocycles. The van der Waals surface area contributed by atoms with Gasteiger partial charge in [0.15, 0.2) is 11.1 Å². The molecule has 10 heteroatoms. The average Bonchev–Trinajstić information content (AvgIpc) is 3.49. The Labute approximate surface area is 207 Å². The normalized spacial score (nSPS) is 19.7. The Morgan fingerprint density at radius 1 is 1.26 bits per heavy atom. The fraction of sp³-hybridized carbons (Fsp3) is 0.810. The quantitative estimate of drug-likeness (QED) is 0.166. The average molecular weight is 564 g/mol. The second-order valence-corrected chi connectivity index (χ2v) is 9.36. The van der Waals surface area contributed by atoms with Gasteiger partial charge in [0.2, 0.25) is 5.91 Å². The molecule has 1 aliphatic heterocycles. The number of rotatable bonds is 8. The Bertz CT molecular complexity index is 733. The Balaban J connectivity index is 0.00000341. The van der Waals surface area contributed by atoms with Gasteiger partial charge in [-0.2, -0.15) is 0 Å². The van der Waals surface area contributed by atoms with E-state index in [1.807, 2.05) is 18.7 Å². The van der Waals surface area contributed by atoms with Crippen molar-refractivity contribution in [2.75, 3.05) is 32.9 Å². The number of carbonyl (C=O) groups excluding carboxylic acids is 1. The second kappa shape index (κ2) is 12.9. The van der Waals surface area contributed by atoms with Crippen LogP contribution in [0.2, 0.25) is 0 Å². The van der Waals surface area contributed by atoms with Crippen molar-refractivity contribution < 1.29 is 4.79 Å². The smallest absolute Gasteiger partial charge is 0.225 e. The van der Waals surface area contributed by atoms with E-state index in [-0.39, 0.29) is 41.8 Å². The zero-order valence-electron chi connectivity index (χ0n) is 19.3. The Morgan fingerprint density at radius 2 is 2.00 bits per heavy atom. The first-order valence-corrected chi connectivity index (χ1v) is 12.5. The van der Waals surface area contributed by atoms with E-state index in [0.29, 0.717) is 6.04 Å². The maximum atomic E-state index is 12.2. The number of thioether (sulfide) groups is 1. The third-order valence-corrected chi connectivity index (χ3v) is 6.68. The highest BCUT2D eigenvalue weighted by Gasteiger charge is 2.28. The first-order valence-electron chi connectivity index (χ1n) is 11.3. The van der Waals surface area contributed by atoms with Gasteiger partial charge in [0.05, 0.1) is 0 Å². The molecular formula is C21H38IN7OS. The van der Waals surface area contributed by atoms with E-state index >= 15 is 0 Å². The highest BCUT2D eigenvalue weighted by atomic mass is 127. The van der Waals surface area contributed by atoms with Gasteiger partial charge in [-0.15, -0.1) is 34.2 Å². The van der Waals surface area contributed by atoms with Crippen molar-refractivity contribution in [1.29, 1.82) is 0 Å². The van der Waals surface area contributed by atoms with E-state index in [2.05, 4.69) is 36.6 Å². The summed E-state index contributed by atoms with van der Waals surface area (Å²) in [6.07, 6.45) is 10.0. The van der Waals surface area contributed by atoms with Crippen LogP contribution in [0.15, 0.2) is 10.1 Å². The molecule has 1 atom stereocenters. The molecule has 3 rings (SSSR count). The highest BCUT2D eigenvalue weighted by Crippen LogP contribution is 2.33. The molecule has 176 valence electrons. The molecule has 1 amide bonds. The van der Waals surface area contributed by atoms with Gasteiger partial charge in [0.1, 0.15) is 5.82 Å². The molecule has 8 nitrogen and oxygen atoms in total. The van der Waals surface area contributed by atoms with Gasteiger partial charge in [0, 0.05) is 51.1 Å². The van der Waals surface area contributed by atoms with Crippen LogP contribution in [0.5, 0.6) is 0 Å². The Morgan fingerprint density at radius 3 is 2.65 bits per heavy atom. The minimum absolute atomic E-state index is 0. The molecule has 1 aromatic heterocycles. The maximum Gasteiger partial charge on any atom is 0.225 e. The van der Waals surface area contributed by atoms with Crippen molar-refractivity contribution in [1.82, 2.24) is 30.3 Å². The van der Waals surface area contributed by atoms with Crippen LogP contribution >= 0.6 is 35.7 Å². The number of nitrogens with one attached hydrogen (secondary N) is 2. The topological polar surface area (TPSA) is 87.4 Å². The lowest BCUT2D eigenvalue weighted by molar-refractivity contribution is -0.133. The summed E-state index contributed by atoms with van der Waals surface area (Å²) in [5, 5.41) is 16.8. The van der Waals surface area contributed by atoms with Crippen LogP contribution in [-0.4, -0.2) is 70.5 Å². The molecule has 0 bridgehead atoms. The maximum absolute atomic E-state index is 12.2. The minimum atomic E-state index is 0. The molecule has 1 aromatic rings. The summed E-state index contributed by atoms with van der Waals surface area (Å²) < 4.78 is 2.38. The van der Waals surface area contributed by atoms with Crippen LogP contribution in [0.25, 0.3) is 0 Å². The van der Waals surface area contributed by atoms with Crippen molar-refractivity contribution in [3.63, 3.8) is 0 Å². The molecule has 1 unspecified atom stereocenters. The van der Waals surface area contributed by atoms with Crippen LogP contribution < -0.4 is 10.6 Å². The molecule has 2 aliphatic rings. The number of halogens is 1. The molecule has 2 fully saturated rings. The Hall–Kier alpha value is -1.04. The fourth-order valence-electron chi connectivity index (χ4n) is 4.43. The van der Waals surface area contributed by atoms with E-state index in [1.54, 1.807) is 18.8 Å². The largest absolute Gasteiger partial charge is 0.356 e. The summed E-state index contributed by atoms with van der Waals surface area (Å²) in [7, 11) is 1.79.